The molecule has 0 bridgehead atoms. The molecule has 0 spiro atoms. The standard InChI is InChI=1S/C4H11NO3/c1-4(2,7)3(6)5-8/h3,5-8H,1-2H3. The van der Waals surface area contributed by atoms with E-state index in [-0.39, 0.29) is 0 Å². The number of aliphatic hydroxyl groups excluding tert-OH is 1. The highest BCUT2D eigenvalue weighted by Gasteiger charge is 2.22. The van der Waals surface area contributed by atoms with E-state index < -0.39 is 11.8 Å². The molecule has 0 aliphatic heterocycles. The fourth-order valence-corrected chi connectivity index (χ4v) is 0.158. The lowest BCUT2D eigenvalue weighted by molar-refractivity contribution is -0.118. The van der Waals surface area contributed by atoms with Crippen LogP contribution in [0.2, 0.25) is 0 Å². The largest absolute Gasteiger partial charge is 0.386 e. The van der Waals surface area contributed by atoms with Crippen LogP contribution in [0.25, 0.3) is 0 Å². The van der Waals surface area contributed by atoms with Crippen LogP contribution in [0, 0.1) is 0 Å². The zero-order valence-corrected chi connectivity index (χ0v) is 4.92. The Kier molecular flexibility index (Phi) is 2.36. The Hall–Kier alpha value is -0.160. The van der Waals surface area contributed by atoms with E-state index in [1.165, 1.54) is 19.3 Å². The van der Waals surface area contributed by atoms with Crippen molar-refractivity contribution in [2.45, 2.75) is 25.7 Å². The maximum absolute atomic E-state index is 8.81. The molecule has 1 unspecified atom stereocenters. The molecule has 50 valence electrons. The van der Waals surface area contributed by atoms with Crippen LogP contribution >= 0.6 is 0 Å². The van der Waals surface area contributed by atoms with E-state index in [9.17, 15) is 0 Å². The highest BCUT2D eigenvalue weighted by Crippen LogP contribution is 2.03. The molecule has 0 amide bonds. The highest BCUT2D eigenvalue weighted by atomic mass is 16.5. The number of hydrogen-bond donors (Lipinski definition) is 4. The van der Waals surface area contributed by atoms with E-state index in [4.69, 9.17) is 15.4 Å². The topological polar surface area (TPSA) is 72.7 Å². The maximum atomic E-state index is 8.81. The number of nitrogens with one attached hydrogen (secondary N) is 1. The van der Waals surface area contributed by atoms with E-state index in [2.05, 4.69) is 0 Å². The van der Waals surface area contributed by atoms with Crippen molar-refractivity contribution in [1.82, 2.24) is 5.48 Å². The van der Waals surface area contributed by atoms with Gasteiger partial charge in [-0.2, -0.15) is 5.48 Å². The van der Waals surface area contributed by atoms with Gasteiger partial charge in [-0.15, -0.1) is 0 Å². The first-order valence-electron chi connectivity index (χ1n) is 2.28. The molecule has 4 heteroatoms. The van der Waals surface area contributed by atoms with Gasteiger partial charge in [0.05, 0.1) is 0 Å². The summed E-state index contributed by atoms with van der Waals surface area (Å²) in [5.74, 6) is 0. The van der Waals surface area contributed by atoms with Gasteiger partial charge in [0, 0.05) is 0 Å². The Morgan fingerprint density at radius 3 is 1.88 bits per heavy atom. The Morgan fingerprint density at radius 1 is 1.50 bits per heavy atom. The molecule has 0 fully saturated rings. The third-order valence-corrected chi connectivity index (χ3v) is 0.791. The van der Waals surface area contributed by atoms with Crippen LogP contribution < -0.4 is 5.48 Å². The van der Waals surface area contributed by atoms with Crippen LogP contribution in [-0.2, 0) is 0 Å². The lowest BCUT2D eigenvalue weighted by Crippen LogP contribution is -2.45. The van der Waals surface area contributed by atoms with E-state index in [1.807, 2.05) is 0 Å². The molecule has 0 aromatic heterocycles. The Labute approximate surface area is 47.7 Å². The van der Waals surface area contributed by atoms with E-state index in [0.29, 0.717) is 0 Å². The van der Waals surface area contributed by atoms with Crippen molar-refractivity contribution < 1.29 is 15.4 Å². The van der Waals surface area contributed by atoms with Gasteiger partial charge < -0.3 is 15.4 Å². The van der Waals surface area contributed by atoms with E-state index in [1.54, 1.807) is 0 Å². The second-order valence-corrected chi connectivity index (χ2v) is 2.19. The predicted octanol–water partition coefficient (Wildman–Crippen LogP) is -0.946. The minimum atomic E-state index is -1.30. The molecule has 1 atom stereocenters. The van der Waals surface area contributed by atoms with Crippen LogP contribution in [0.1, 0.15) is 13.8 Å². The number of aliphatic hydroxyl groups is 2. The van der Waals surface area contributed by atoms with Crippen LogP contribution in [0.3, 0.4) is 0 Å². The molecular formula is C4H11NO3. The Morgan fingerprint density at radius 2 is 1.88 bits per heavy atom. The number of hydroxylamine groups is 1. The van der Waals surface area contributed by atoms with Crippen LogP contribution in [0.4, 0.5) is 0 Å². The SMILES string of the molecule is CC(C)(O)C(O)NO. The van der Waals surface area contributed by atoms with Crippen LogP contribution in [0.5, 0.6) is 0 Å². The maximum Gasteiger partial charge on any atom is 0.154 e. The molecule has 8 heavy (non-hydrogen) atoms. The smallest absolute Gasteiger partial charge is 0.154 e. The first kappa shape index (κ1) is 7.84. The summed E-state index contributed by atoms with van der Waals surface area (Å²) in [5.41, 5.74) is 0.214. The second-order valence-electron chi connectivity index (χ2n) is 2.19. The quantitative estimate of drug-likeness (QED) is 0.281. The number of hydrogen-bond acceptors (Lipinski definition) is 4. The Bertz CT molecular complexity index is 68.2. The fourth-order valence-electron chi connectivity index (χ4n) is 0.158. The second kappa shape index (κ2) is 2.41. The van der Waals surface area contributed by atoms with Crippen molar-refractivity contribution in [1.29, 1.82) is 0 Å². The van der Waals surface area contributed by atoms with Crippen molar-refractivity contribution in [3.05, 3.63) is 0 Å². The van der Waals surface area contributed by atoms with Gasteiger partial charge in [0.15, 0.2) is 6.23 Å². The molecular weight excluding hydrogens is 110 g/mol. The fraction of sp³-hybridized carbons (Fsp3) is 1.00. The molecule has 0 saturated heterocycles. The average Bonchev–Trinajstić information content (AvgIpc) is 1.62. The zero-order chi connectivity index (χ0) is 6.78. The number of rotatable bonds is 2. The molecule has 0 aromatic rings. The van der Waals surface area contributed by atoms with Crippen LogP contribution in [-0.4, -0.2) is 27.2 Å². The van der Waals surface area contributed by atoms with Gasteiger partial charge >= 0.3 is 0 Å². The molecule has 4 nitrogen and oxygen atoms in total. The van der Waals surface area contributed by atoms with E-state index in [0.717, 1.165) is 0 Å². The van der Waals surface area contributed by atoms with Gasteiger partial charge in [-0.05, 0) is 13.8 Å². The van der Waals surface area contributed by atoms with Crippen molar-refractivity contribution in [2.75, 3.05) is 0 Å². The van der Waals surface area contributed by atoms with Gasteiger partial charge in [-0.25, -0.2) is 0 Å². The van der Waals surface area contributed by atoms with E-state index >= 15 is 0 Å². The molecule has 0 rings (SSSR count). The molecule has 0 heterocycles. The minimum Gasteiger partial charge on any atom is -0.386 e. The third kappa shape index (κ3) is 2.23. The summed E-state index contributed by atoms with van der Waals surface area (Å²) in [5, 5.41) is 25.4. The normalized spacial score (nSPS) is 16.1. The summed E-state index contributed by atoms with van der Waals surface area (Å²) in [6.07, 6.45) is -1.29. The first-order chi connectivity index (χ1) is 3.48. The average molecular weight is 121 g/mol. The van der Waals surface area contributed by atoms with Crippen molar-refractivity contribution in [3.8, 4) is 0 Å². The molecule has 0 aliphatic carbocycles. The van der Waals surface area contributed by atoms with Crippen LogP contribution in [0.15, 0.2) is 0 Å². The molecule has 0 saturated carbocycles. The van der Waals surface area contributed by atoms with Crippen molar-refractivity contribution in [3.63, 3.8) is 0 Å². The van der Waals surface area contributed by atoms with Gasteiger partial charge in [-0.1, -0.05) is 0 Å². The molecule has 0 radical (unpaired) electrons. The monoisotopic (exact) mass is 121 g/mol. The molecule has 4 N–H and O–H groups in total. The lowest BCUT2D eigenvalue weighted by Gasteiger charge is -2.22. The summed E-state index contributed by atoms with van der Waals surface area (Å²) >= 11 is 0. The summed E-state index contributed by atoms with van der Waals surface area (Å²) in [4.78, 5) is 0. The van der Waals surface area contributed by atoms with Crippen molar-refractivity contribution in [2.24, 2.45) is 0 Å². The summed E-state index contributed by atoms with van der Waals surface area (Å²) in [7, 11) is 0. The van der Waals surface area contributed by atoms with Gasteiger partial charge in [0.2, 0.25) is 0 Å². The molecule has 0 aliphatic rings. The highest BCUT2D eigenvalue weighted by molar-refractivity contribution is 4.70. The summed E-state index contributed by atoms with van der Waals surface area (Å²) in [6, 6.07) is 0. The Balaban J connectivity index is 3.62. The zero-order valence-electron chi connectivity index (χ0n) is 4.92. The van der Waals surface area contributed by atoms with Gasteiger partial charge in [0.1, 0.15) is 5.60 Å². The van der Waals surface area contributed by atoms with Gasteiger partial charge in [0.25, 0.3) is 0 Å². The minimum absolute atomic E-state index is 1.29. The summed E-state index contributed by atoms with van der Waals surface area (Å²) in [6.45, 7) is 2.75. The summed E-state index contributed by atoms with van der Waals surface area (Å²) < 4.78 is 0. The molecule has 0 aromatic carbocycles. The van der Waals surface area contributed by atoms with Gasteiger partial charge in [-0.3, -0.25) is 0 Å². The van der Waals surface area contributed by atoms with Crippen molar-refractivity contribution >= 4 is 0 Å². The third-order valence-electron chi connectivity index (χ3n) is 0.791. The first-order valence-corrected chi connectivity index (χ1v) is 2.28. The predicted molar refractivity (Wildman–Crippen MR) is 27.2 cm³/mol. The lowest BCUT2D eigenvalue weighted by atomic mass is 10.1.